The van der Waals surface area contributed by atoms with E-state index in [0.717, 1.165) is 25.0 Å². The van der Waals surface area contributed by atoms with Crippen LogP contribution in [0.2, 0.25) is 0 Å². The zero-order valence-corrected chi connectivity index (χ0v) is 17.4. The molecule has 1 fully saturated rings. The Hall–Kier alpha value is -2.48. The molecule has 0 bridgehead atoms. The molecule has 0 spiro atoms. The third kappa shape index (κ3) is 6.50. The van der Waals surface area contributed by atoms with Crippen LogP contribution in [0.5, 0.6) is 0 Å². The largest absolute Gasteiger partial charge is 0.402 e. The van der Waals surface area contributed by atoms with Crippen LogP contribution in [0, 0.1) is 0 Å². The average Bonchev–Trinajstić information content (AvgIpc) is 3.50. The summed E-state index contributed by atoms with van der Waals surface area (Å²) >= 11 is 0. The van der Waals surface area contributed by atoms with Gasteiger partial charge in [0.25, 0.3) is 5.91 Å². The molecule has 8 nitrogen and oxygen atoms in total. The maximum absolute atomic E-state index is 12.5. The molecule has 3 N–H and O–H groups in total. The number of hydrogen-bond donors (Lipinski definition) is 3. The fourth-order valence-corrected chi connectivity index (χ4v) is 4.91. The van der Waals surface area contributed by atoms with Crippen molar-refractivity contribution in [3.05, 3.63) is 54.1 Å². The minimum atomic E-state index is -4.73. The first-order valence-electron chi connectivity index (χ1n) is 8.96. The first-order chi connectivity index (χ1) is 14.4. The number of benzene rings is 2. The van der Waals surface area contributed by atoms with Crippen molar-refractivity contribution in [1.29, 1.82) is 0 Å². The number of rotatable bonds is 8. The van der Waals surface area contributed by atoms with Gasteiger partial charge in [-0.25, -0.2) is 26.3 Å². The number of halogens is 3. The standard InChI is InChI=1S/C18H18F3N3O5S2/c19-18(20,21)11-22-30(26,27)15-5-1-3-12(9-15)17(25)23-14-4-2-6-16(10-14)31(28,29)24-13-7-8-13/h1-6,9-10,13,22,24H,7-8,11H2,(H,23,25). The van der Waals surface area contributed by atoms with Crippen molar-refractivity contribution in [2.24, 2.45) is 0 Å². The van der Waals surface area contributed by atoms with E-state index in [4.69, 9.17) is 0 Å². The SMILES string of the molecule is O=C(Nc1cccc(S(=O)(=O)NC2CC2)c1)c1cccc(S(=O)(=O)NCC(F)(F)F)c1. The Labute approximate surface area is 177 Å². The van der Waals surface area contributed by atoms with Crippen LogP contribution < -0.4 is 14.8 Å². The van der Waals surface area contributed by atoms with Crippen molar-refractivity contribution in [2.75, 3.05) is 11.9 Å². The lowest BCUT2D eigenvalue weighted by Gasteiger charge is -2.11. The van der Waals surface area contributed by atoms with E-state index in [2.05, 4.69) is 10.0 Å². The monoisotopic (exact) mass is 477 g/mol. The minimum Gasteiger partial charge on any atom is -0.322 e. The highest BCUT2D eigenvalue weighted by atomic mass is 32.2. The number of alkyl halides is 3. The third-order valence-electron chi connectivity index (χ3n) is 4.17. The van der Waals surface area contributed by atoms with Gasteiger partial charge in [-0.05, 0) is 49.2 Å². The molecule has 168 valence electrons. The van der Waals surface area contributed by atoms with Crippen LogP contribution in [0.1, 0.15) is 23.2 Å². The summed E-state index contributed by atoms with van der Waals surface area (Å²) in [4.78, 5) is 11.9. The van der Waals surface area contributed by atoms with E-state index in [1.54, 1.807) is 0 Å². The molecule has 3 rings (SSSR count). The second-order valence-electron chi connectivity index (χ2n) is 6.85. The lowest BCUT2D eigenvalue weighted by molar-refractivity contribution is -0.121. The molecular weight excluding hydrogens is 459 g/mol. The summed E-state index contributed by atoms with van der Waals surface area (Å²) in [5.74, 6) is -0.766. The summed E-state index contributed by atoms with van der Waals surface area (Å²) in [7, 11) is -8.24. The molecule has 1 saturated carbocycles. The molecule has 1 amide bonds. The number of carbonyl (C=O) groups is 1. The Morgan fingerprint density at radius 2 is 1.55 bits per heavy atom. The van der Waals surface area contributed by atoms with Gasteiger partial charge in [0.05, 0.1) is 9.79 Å². The van der Waals surface area contributed by atoms with Crippen LogP contribution in [0.25, 0.3) is 0 Å². The lowest BCUT2D eigenvalue weighted by Crippen LogP contribution is -2.33. The smallest absolute Gasteiger partial charge is 0.322 e. The zero-order chi connectivity index (χ0) is 22.9. The Morgan fingerprint density at radius 3 is 2.16 bits per heavy atom. The molecule has 0 aliphatic heterocycles. The van der Waals surface area contributed by atoms with Gasteiger partial charge in [0.1, 0.15) is 6.54 Å². The molecule has 13 heteroatoms. The summed E-state index contributed by atoms with van der Waals surface area (Å²) in [6.07, 6.45) is -3.22. The van der Waals surface area contributed by atoms with E-state index in [1.807, 2.05) is 0 Å². The molecule has 0 atom stereocenters. The van der Waals surface area contributed by atoms with Crippen molar-refractivity contribution in [1.82, 2.24) is 9.44 Å². The first-order valence-corrected chi connectivity index (χ1v) is 11.9. The van der Waals surface area contributed by atoms with Crippen LogP contribution in [0.3, 0.4) is 0 Å². The molecule has 0 radical (unpaired) electrons. The van der Waals surface area contributed by atoms with Crippen molar-refractivity contribution >= 4 is 31.6 Å². The van der Waals surface area contributed by atoms with Crippen molar-refractivity contribution in [2.45, 2.75) is 34.9 Å². The van der Waals surface area contributed by atoms with E-state index in [-0.39, 0.29) is 22.2 Å². The Kier molecular flexibility index (Phi) is 6.41. The van der Waals surface area contributed by atoms with Gasteiger partial charge in [-0.15, -0.1) is 0 Å². The number of hydrogen-bond acceptors (Lipinski definition) is 5. The average molecular weight is 477 g/mol. The summed E-state index contributed by atoms with van der Waals surface area (Å²) in [5, 5.41) is 2.45. The molecule has 0 heterocycles. The highest BCUT2D eigenvalue weighted by Gasteiger charge is 2.30. The maximum Gasteiger partial charge on any atom is 0.402 e. The van der Waals surface area contributed by atoms with Crippen molar-refractivity contribution < 1.29 is 34.8 Å². The number of sulfonamides is 2. The minimum absolute atomic E-state index is 0.0510. The second kappa shape index (κ2) is 8.57. The highest BCUT2D eigenvalue weighted by molar-refractivity contribution is 7.89. The van der Waals surface area contributed by atoms with Crippen LogP contribution in [0.15, 0.2) is 58.3 Å². The fourth-order valence-electron chi connectivity index (χ4n) is 2.50. The molecule has 2 aromatic carbocycles. The second-order valence-corrected chi connectivity index (χ2v) is 10.3. The van der Waals surface area contributed by atoms with Crippen LogP contribution in [-0.4, -0.2) is 41.5 Å². The number of anilines is 1. The van der Waals surface area contributed by atoms with Gasteiger partial charge in [0.2, 0.25) is 20.0 Å². The van der Waals surface area contributed by atoms with Crippen molar-refractivity contribution in [3.8, 4) is 0 Å². The highest BCUT2D eigenvalue weighted by Crippen LogP contribution is 2.23. The van der Waals surface area contributed by atoms with E-state index < -0.39 is 43.6 Å². The zero-order valence-electron chi connectivity index (χ0n) is 15.8. The van der Waals surface area contributed by atoms with Crippen LogP contribution >= 0.6 is 0 Å². The van der Waals surface area contributed by atoms with Crippen LogP contribution in [-0.2, 0) is 20.0 Å². The molecular formula is C18H18F3N3O5S2. The normalized spacial score (nSPS) is 14.9. The summed E-state index contributed by atoms with van der Waals surface area (Å²) in [5.41, 5.74) is 0.00591. The molecule has 0 unspecified atom stereocenters. The van der Waals surface area contributed by atoms with Gasteiger partial charge in [0, 0.05) is 17.3 Å². The summed E-state index contributed by atoms with van der Waals surface area (Å²) in [6.45, 7) is -1.75. The Morgan fingerprint density at radius 1 is 0.935 bits per heavy atom. The van der Waals surface area contributed by atoms with Gasteiger partial charge in [0.15, 0.2) is 0 Å². The number of amides is 1. The van der Waals surface area contributed by atoms with Gasteiger partial charge in [-0.3, -0.25) is 4.79 Å². The van der Waals surface area contributed by atoms with E-state index in [9.17, 15) is 34.8 Å². The lowest BCUT2D eigenvalue weighted by atomic mass is 10.2. The van der Waals surface area contributed by atoms with Gasteiger partial charge >= 0.3 is 6.18 Å². The van der Waals surface area contributed by atoms with E-state index in [0.29, 0.717) is 0 Å². The van der Waals surface area contributed by atoms with Gasteiger partial charge in [-0.2, -0.15) is 13.2 Å². The molecule has 31 heavy (non-hydrogen) atoms. The summed E-state index contributed by atoms with van der Waals surface area (Å²) < 4.78 is 89.5. The number of carbonyl (C=O) groups excluding carboxylic acids is 1. The third-order valence-corrected chi connectivity index (χ3v) is 7.09. The summed E-state index contributed by atoms with van der Waals surface area (Å²) in [6, 6.07) is 9.83. The predicted octanol–water partition coefficient (Wildman–Crippen LogP) is 2.22. The Bertz CT molecular complexity index is 1190. The number of nitrogens with one attached hydrogen (secondary N) is 3. The maximum atomic E-state index is 12.5. The quantitative estimate of drug-likeness (QED) is 0.538. The van der Waals surface area contributed by atoms with Gasteiger partial charge < -0.3 is 5.32 Å². The first kappa shape index (κ1) is 23.2. The molecule has 2 aromatic rings. The van der Waals surface area contributed by atoms with Gasteiger partial charge in [-0.1, -0.05) is 12.1 Å². The predicted molar refractivity (Wildman–Crippen MR) is 105 cm³/mol. The van der Waals surface area contributed by atoms with E-state index in [1.165, 1.54) is 41.1 Å². The molecule has 0 aromatic heterocycles. The van der Waals surface area contributed by atoms with E-state index >= 15 is 0 Å². The van der Waals surface area contributed by atoms with Crippen LogP contribution in [0.4, 0.5) is 18.9 Å². The molecule has 1 aliphatic carbocycles. The molecule has 0 saturated heterocycles. The van der Waals surface area contributed by atoms with Crippen molar-refractivity contribution in [3.63, 3.8) is 0 Å². The topological polar surface area (TPSA) is 121 Å². The fraction of sp³-hybridized carbons (Fsp3) is 0.278. The molecule has 1 aliphatic rings. The Balaban J connectivity index is 1.75.